The van der Waals surface area contributed by atoms with Gasteiger partial charge in [0.1, 0.15) is 11.3 Å². The van der Waals surface area contributed by atoms with Gasteiger partial charge in [0, 0.05) is 36.0 Å². The average Bonchev–Trinajstić information content (AvgIpc) is 3.23. The lowest BCUT2D eigenvalue weighted by Crippen LogP contribution is -2.34. The standard InChI is InChI=1S/C23H28N2O5S/c1-4-31(28,29)16-5-6-20(30-15-7-10-23(2,27)11-8-15)18(13-16)19-14-25(3)22(26)21-17(19)9-12-24-21/h5-6,9,12-15,24,27H,4,7-8,10-11H2,1-3H3/t15-,23+. The second-order valence-corrected chi connectivity index (χ2v) is 10.9. The van der Waals surface area contributed by atoms with Gasteiger partial charge in [-0.25, -0.2) is 8.42 Å². The number of aliphatic hydroxyl groups is 1. The zero-order valence-corrected chi connectivity index (χ0v) is 18.8. The number of pyridine rings is 1. The van der Waals surface area contributed by atoms with E-state index in [1.54, 1.807) is 44.6 Å². The van der Waals surface area contributed by atoms with Crippen LogP contribution < -0.4 is 10.3 Å². The van der Waals surface area contributed by atoms with Crippen LogP contribution in [0.5, 0.6) is 5.75 Å². The van der Waals surface area contributed by atoms with Crippen LogP contribution in [0.3, 0.4) is 0 Å². The number of aromatic amines is 1. The van der Waals surface area contributed by atoms with Gasteiger partial charge in [-0.05, 0) is 56.9 Å². The van der Waals surface area contributed by atoms with Gasteiger partial charge in [-0.3, -0.25) is 4.79 Å². The molecule has 1 fully saturated rings. The number of hydrogen-bond acceptors (Lipinski definition) is 5. The van der Waals surface area contributed by atoms with E-state index in [-0.39, 0.29) is 22.3 Å². The lowest BCUT2D eigenvalue weighted by atomic mass is 9.85. The summed E-state index contributed by atoms with van der Waals surface area (Å²) >= 11 is 0. The Kier molecular flexibility index (Phi) is 5.47. The Labute approximate surface area is 181 Å². The maximum atomic E-state index is 12.6. The van der Waals surface area contributed by atoms with Crippen molar-refractivity contribution >= 4 is 20.7 Å². The smallest absolute Gasteiger partial charge is 0.274 e. The summed E-state index contributed by atoms with van der Waals surface area (Å²) in [5, 5.41) is 11.0. The molecule has 3 aromatic rings. The van der Waals surface area contributed by atoms with E-state index >= 15 is 0 Å². The van der Waals surface area contributed by atoms with Gasteiger partial charge in [0.05, 0.1) is 22.4 Å². The molecule has 2 aromatic heterocycles. The number of sulfone groups is 1. The predicted molar refractivity (Wildman–Crippen MR) is 120 cm³/mol. The molecule has 0 saturated heterocycles. The van der Waals surface area contributed by atoms with Crippen molar-refractivity contribution in [3.8, 4) is 16.9 Å². The third-order valence-electron chi connectivity index (χ3n) is 6.18. The first-order valence-corrected chi connectivity index (χ1v) is 12.2. The van der Waals surface area contributed by atoms with E-state index in [0.717, 1.165) is 5.56 Å². The molecule has 2 heterocycles. The van der Waals surface area contributed by atoms with E-state index in [0.29, 0.717) is 47.9 Å². The Bertz CT molecular complexity index is 1280. The monoisotopic (exact) mass is 444 g/mol. The highest BCUT2D eigenvalue weighted by Gasteiger charge is 2.30. The summed E-state index contributed by atoms with van der Waals surface area (Å²) in [6, 6.07) is 6.73. The Morgan fingerprint density at radius 3 is 2.61 bits per heavy atom. The fourth-order valence-corrected chi connectivity index (χ4v) is 5.08. The molecule has 0 bridgehead atoms. The minimum atomic E-state index is -3.42. The Morgan fingerprint density at radius 2 is 1.94 bits per heavy atom. The highest BCUT2D eigenvalue weighted by atomic mass is 32.2. The van der Waals surface area contributed by atoms with Crippen LogP contribution in [0.1, 0.15) is 39.5 Å². The lowest BCUT2D eigenvalue weighted by Gasteiger charge is -2.33. The zero-order valence-electron chi connectivity index (χ0n) is 18.0. The van der Waals surface area contributed by atoms with Crippen LogP contribution >= 0.6 is 0 Å². The van der Waals surface area contributed by atoms with Crippen LogP contribution in [0.4, 0.5) is 0 Å². The SMILES string of the molecule is CCS(=O)(=O)c1ccc(O[C@H]2CC[C@@](C)(O)CC2)c(-c2cn(C)c(=O)c3[nH]ccc23)c1. The first kappa shape index (κ1) is 21.6. The number of nitrogens with one attached hydrogen (secondary N) is 1. The van der Waals surface area contributed by atoms with Gasteiger partial charge in [0.25, 0.3) is 5.56 Å². The van der Waals surface area contributed by atoms with Crippen LogP contribution in [-0.4, -0.2) is 40.5 Å². The molecule has 0 spiro atoms. The van der Waals surface area contributed by atoms with Crippen molar-refractivity contribution in [3.05, 3.63) is 47.0 Å². The summed E-state index contributed by atoms with van der Waals surface area (Å²) in [7, 11) is -1.75. The maximum Gasteiger partial charge on any atom is 0.274 e. The summed E-state index contributed by atoms with van der Waals surface area (Å²) < 4.78 is 32.9. The molecule has 0 radical (unpaired) electrons. The number of fused-ring (bicyclic) bond motifs is 1. The fourth-order valence-electron chi connectivity index (χ4n) is 4.18. The molecule has 7 nitrogen and oxygen atoms in total. The summed E-state index contributed by atoms with van der Waals surface area (Å²) in [6.45, 7) is 3.45. The predicted octanol–water partition coefficient (Wildman–Crippen LogP) is 3.40. The van der Waals surface area contributed by atoms with E-state index in [1.165, 1.54) is 4.57 Å². The molecule has 166 valence electrons. The number of aryl methyl sites for hydroxylation is 1. The Balaban J connectivity index is 1.85. The molecule has 0 atom stereocenters. The molecular weight excluding hydrogens is 416 g/mol. The third-order valence-corrected chi connectivity index (χ3v) is 7.91. The van der Waals surface area contributed by atoms with E-state index in [9.17, 15) is 18.3 Å². The summed E-state index contributed by atoms with van der Waals surface area (Å²) in [5.41, 5.74) is 0.995. The van der Waals surface area contributed by atoms with E-state index in [4.69, 9.17) is 4.74 Å². The van der Waals surface area contributed by atoms with Crippen molar-refractivity contribution in [1.82, 2.24) is 9.55 Å². The summed E-state index contributed by atoms with van der Waals surface area (Å²) in [5.74, 6) is 0.569. The van der Waals surface area contributed by atoms with Gasteiger partial charge in [0.2, 0.25) is 0 Å². The quantitative estimate of drug-likeness (QED) is 0.628. The maximum absolute atomic E-state index is 12.6. The molecular formula is C23H28N2O5S. The number of H-pyrrole nitrogens is 1. The van der Waals surface area contributed by atoms with Gasteiger partial charge >= 0.3 is 0 Å². The molecule has 1 aromatic carbocycles. The number of hydrogen-bond donors (Lipinski definition) is 2. The van der Waals surface area contributed by atoms with E-state index in [1.807, 2.05) is 13.0 Å². The average molecular weight is 445 g/mol. The van der Waals surface area contributed by atoms with Crippen LogP contribution in [0.2, 0.25) is 0 Å². The highest BCUT2D eigenvalue weighted by molar-refractivity contribution is 7.91. The van der Waals surface area contributed by atoms with Crippen LogP contribution in [-0.2, 0) is 16.9 Å². The second-order valence-electron chi connectivity index (χ2n) is 8.60. The Hall–Kier alpha value is -2.58. The first-order valence-electron chi connectivity index (χ1n) is 10.5. The molecule has 2 N–H and O–H groups in total. The number of benzene rings is 1. The van der Waals surface area contributed by atoms with Crippen molar-refractivity contribution in [3.63, 3.8) is 0 Å². The van der Waals surface area contributed by atoms with E-state index < -0.39 is 15.4 Å². The molecule has 0 aliphatic heterocycles. The van der Waals surface area contributed by atoms with Crippen molar-refractivity contribution in [2.24, 2.45) is 7.05 Å². The van der Waals surface area contributed by atoms with E-state index in [2.05, 4.69) is 4.98 Å². The zero-order chi connectivity index (χ0) is 22.4. The van der Waals surface area contributed by atoms with Crippen LogP contribution in [0.25, 0.3) is 22.0 Å². The van der Waals surface area contributed by atoms with Crippen molar-refractivity contribution in [1.29, 1.82) is 0 Å². The molecule has 4 rings (SSSR count). The van der Waals surface area contributed by atoms with Crippen LogP contribution in [0, 0.1) is 0 Å². The number of aromatic nitrogens is 2. The van der Waals surface area contributed by atoms with Gasteiger partial charge in [0.15, 0.2) is 9.84 Å². The molecule has 0 unspecified atom stereocenters. The van der Waals surface area contributed by atoms with Gasteiger partial charge in [-0.15, -0.1) is 0 Å². The summed E-state index contributed by atoms with van der Waals surface area (Å²) in [6.07, 6.45) is 6.08. The minimum Gasteiger partial charge on any atom is -0.490 e. The summed E-state index contributed by atoms with van der Waals surface area (Å²) in [4.78, 5) is 15.7. The normalized spacial score (nSPS) is 22.0. The molecule has 1 aliphatic rings. The molecule has 0 amide bonds. The number of ether oxygens (including phenoxy) is 1. The minimum absolute atomic E-state index is 0.00279. The molecule has 1 aliphatic carbocycles. The number of rotatable bonds is 5. The molecule has 31 heavy (non-hydrogen) atoms. The fraction of sp³-hybridized carbons (Fsp3) is 0.435. The lowest BCUT2D eigenvalue weighted by molar-refractivity contribution is -0.0107. The number of nitrogens with zero attached hydrogens (tertiary/aromatic N) is 1. The van der Waals surface area contributed by atoms with Crippen molar-refractivity contribution < 1.29 is 18.3 Å². The van der Waals surface area contributed by atoms with Gasteiger partial charge in [-0.2, -0.15) is 0 Å². The third kappa shape index (κ3) is 4.14. The topological polar surface area (TPSA) is 101 Å². The molecule has 1 saturated carbocycles. The first-order chi connectivity index (χ1) is 14.6. The van der Waals surface area contributed by atoms with Crippen LogP contribution in [0.15, 0.2) is 46.3 Å². The van der Waals surface area contributed by atoms with Gasteiger partial charge in [-0.1, -0.05) is 6.92 Å². The Morgan fingerprint density at radius 1 is 1.23 bits per heavy atom. The second kappa shape index (κ2) is 7.84. The highest BCUT2D eigenvalue weighted by Crippen LogP contribution is 2.38. The van der Waals surface area contributed by atoms with Crippen molar-refractivity contribution in [2.45, 2.75) is 56.1 Å². The van der Waals surface area contributed by atoms with Crippen molar-refractivity contribution in [2.75, 3.05) is 5.75 Å². The van der Waals surface area contributed by atoms with Gasteiger partial charge < -0.3 is 19.4 Å². The molecule has 8 heteroatoms. The largest absolute Gasteiger partial charge is 0.490 e.